The number of carbonyl (C=O) groups excluding carboxylic acids is 2. The van der Waals surface area contributed by atoms with Gasteiger partial charge in [-0.05, 0) is 59.3 Å². The van der Waals surface area contributed by atoms with E-state index in [4.69, 9.17) is 9.47 Å². The van der Waals surface area contributed by atoms with Gasteiger partial charge in [-0.25, -0.2) is 0 Å². The van der Waals surface area contributed by atoms with E-state index in [9.17, 15) is 9.59 Å². The number of halogens is 1. The third-order valence-electron chi connectivity index (χ3n) is 11.5. The number of ether oxygens (including phenoxy) is 2. The molecule has 0 fully saturated rings. The van der Waals surface area contributed by atoms with Crippen molar-refractivity contribution in [1.82, 2.24) is 9.80 Å². The third kappa shape index (κ3) is 41.3. The van der Waals surface area contributed by atoms with Gasteiger partial charge in [0.2, 0.25) is 0 Å². The Labute approximate surface area is 356 Å². The summed E-state index contributed by atoms with van der Waals surface area (Å²) in [5.41, 5.74) is 0. The van der Waals surface area contributed by atoms with Gasteiger partial charge in [0.15, 0.2) is 0 Å². The van der Waals surface area contributed by atoms with Gasteiger partial charge < -0.3 is 14.4 Å². The highest BCUT2D eigenvalue weighted by Gasteiger charge is 2.19. The second kappa shape index (κ2) is 45.2. The predicted molar refractivity (Wildman–Crippen MR) is 246 cm³/mol. The first-order valence-electron chi connectivity index (χ1n) is 24.7. The van der Waals surface area contributed by atoms with E-state index in [1.165, 1.54) is 167 Å². The first kappa shape index (κ1) is 57.2. The summed E-state index contributed by atoms with van der Waals surface area (Å²) >= 11 is 0. The summed E-state index contributed by atoms with van der Waals surface area (Å²) in [5, 5.41) is 0. The normalized spacial score (nSPS) is 12.6. The van der Waals surface area contributed by atoms with Crippen molar-refractivity contribution in [3.63, 3.8) is 0 Å². The molecule has 0 spiro atoms. The van der Waals surface area contributed by atoms with Gasteiger partial charge in [-0.15, -0.1) is 12.4 Å². The van der Waals surface area contributed by atoms with Gasteiger partial charge in [-0.1, -0.05) is 207 Å². The Morgan fingerprint density at radius 1 is 0.375 bits per heavy atom. The van der Waals surface area contributed by atoms with Crippen LogP contribution in [-0.2, 0) is 19.1 Å². The Bertz CT molecular complexity index is 755. The Morgan fingerprint density at radius 3 is 0.893 bits per heavy atom. The summed E-state index contributed by atoms with van der Waals surface area (Å²) in [6, 6.07) is 0. The number of unbranched alkanes of at least 4 members (excludes halogenated alkanes) is 28. The van der Waals surface area contributed by atoms with Crippen molar-refractivity contribution in [3.05, 3.63) is 0 Å². The van der Waals surface area contributed by atoms with Crippen LogP contribution in [0.5, 0.6) is 0 Å². The van der Waals surface area contributed by atoms with Gasteiger partial charge in [-0.2, -0.15) is 0 Å². The molecule has 0 aromatic carbocycles. The number of hydrogen-bond acceptors (Lipinski definition) is 6. The minimum Gasteiger partial charge on any atom is -0.461 e. The van der Waals surface area contributed by atoms with E-state index in [0.29, 0.717) is 25.9 Å². The molecule has 0 aromatic heterocycles. The number of esters is 2. The van der Waals surface area contributed by atoms with Crippen molar-refractivity contribution in [1.29, 1.82) is 0 Å². The lowest BCUT2D eigenvalue weighted by Gasteiger charge is -2.29. The second-order valence-electron chi connectivity index (χ2n) is 17.1. The van der Waals surface area contributed by atoms with Gasteiger partial charge in [0.1, 0.15) is 12.2 Å². The molecule has 0 rings (SSSR count). The van der Waals surface area contributed by atoms with E-state index >= 15 is 0 Å². The van der Waals surface area contributed by atoms with E-state index in [-0.39, 0.29) is 36.6 Å². The van der Waals surface area contributed by atoms with Crippen LogP contribution in [0.3, 0.4) is 0 Å². The molecule has 0 saturated carbocycles. The number of hydrogen-bond donors (Lipinski definition) is 0. The number of nitrogens with zero attached hydrogens (tertiary/aromatic N) is 2. The van der Waals surface area contributed by atoms with Crippen LogP contribution in [0, 0.1) is 0 Å². The van der Waals surface area contributed by atoms with E-state index < -0.39 is 0 Å². The lowest BCUT2D eigenvalue weighted by Crippen LogP contribution is -2.40. The number of carbonyl (C=O) groups is 2. The Hall–Kier alpha value is -0.850. The maximum atomic E-state index is 12.7. The molecule has 0 amide bonds. The van der Waals surface area contributed by atoms with Crippen molar-refractivity contribution in [3.8, 4) is 0 Å². The van der Waals surface area contributed by atoms with Crippen LogP contribution in [0.1, 0.15) is 253 Å². The molecule has 0 radical (unpaired) electrons. The van der Waals surface area contributed by atoms with Crippen LogP contribution in [-0.4, -0.2) is 73.2 Å². The lowest BCUT2D eigenvalue weighted by molar-refractivity contribution is -0.150. The van der Waals surface area contributed by atoms with Crippen molar-refractivity contribution >= 4 is 24.3 Å². The highest BCUT2D eigenvalue weighted by atomic mass is 35.5. The molecule has 56 heavy (non-hydrogen) atoms. The van der Waals surface area contributed by atoms with Gasteiger partial charge in [0.05, 0.1) is 0 Å². The van der Waals surface area contributed by atoms with Gasteiger partial charge in [0.25, 0.3) is 0 Å². The fourth-order valence-electron chi connectivity index (χ4n) is 7.96. The largest absolute Gasteiger partial charge is 0.461 e. The third-order valence-corrected chi connectivity index (χ3v) is 11.5. The van der Waals surface area contributed by atoms with E-state index in [0.717, 1.165) is 58.3 Å². The average Bonchev–Trinajstić information content (AvgIpc) is 3.16. The maximum Gasteiger partial charge on any atom is 0.306 e. The van der Waals surface area contributed by atoms with Gasteiger partial charge in [-0.3, -0.25) is 14.5 Å². The Balaban J connectivity index is 0. The van der Waals surface area contributed by atoms with Crippen LogP contribution in [0.25, 0.3) is 0 Å². The van der Waals surface area contributed by atoms with Crippen molar-refractivity contribution in [2.75, 3.05) is 39.3 Å². The van der Waals surface area contributed by atoms with Crippen molar-refractivity contribution in [2.24, 2.45) is 0 Å². The lowest BCUT2D eigenvalue weighted by atomic mass is 10.0. The van der Waals surface area contributed by atoms with Gasteiger partial charge in [0, 0.05) is 25.9 Å². The highest BCUT2D eigenvalue weighted by Crippen LogP contribution is 2.16. The fourth-order valence-corrected chi connectivity index (χ4v) is 7.96. The quantitative estimate of drug-likeness (QED) is 0.0451. The molecule has 0 aliphatic heterocycles. The standard InChI is InChI=1S/C49H98N2O4.ClH/c1-7-11-13-15-17-19-21-23-25-27-29-31-33-35-37-40-48(52)54-46(5)44-51(43-39-42-50(9-3)10-4)45-47(6)55-49(53)41-38-36-34-32-30-28-26-24-22-20-18-16-14-12-8-2;/h46-47H,7-45H2,1-6H3;1H. The summed E-state index contributed by atoms with van der Waals surface area (Å²) in [5.74, 6) is -0.151. The highest BCUT2D eigenvalue weighted by molar-refractivity contribution is 5.85. The second-order valence-corrected chi connectivity index (χ2v) is 17.1. The molecule has 2 unspecified atom stereocenters. The average molecular weight is 816 g/mol. The molecule has 6 nitrogen and oxygen atoms in total. The molecule has 0 aromatic rings. The smallest absolute Gasteiger partial charge is 0.306 e. The van der Waals surface area contributed by atoms with E-state index in [2.05, 4.69) is 37.5 Å². The summed E-state index contributed by atoms with van der Waals surface area (Å²) in [7, 11) is 0. The van der Waals surface area contributed by atoms with Gasteiger partial charge >= 0.3 is 11.9 Å². The summed E-state index contributed by atoms with van der Waals surface area (Å²) in [6.07, 6.45) is 41.4. The van der Waals surface area contributed by atoms with Crippen molar-refractivity contribution in [2.45, 2.75) is 266 Å². The van der Waals surface area contributed by atoms with Crippen LogP contribution in [0.15, 0.2) is 0 Å². The molecule has 0 saturated heterocycles. The van der Waals surface area contributed by atoms with Crippen LogP contribution < -0.4 is 0 Å². The monoisotopic (exact) mass is 815 g/mol. The van der Waals surface area contributed by atoms with E-state index in [1.807, 2.05) is 13.8 Å². The maximum absolute atomic E-state index is 12.7. The fraction of sp³-hybridized carbons (Fsp3) is 0.959. The van der Waals surface area contributed by atoms with Crippen LogP contribution in [0.2, 0.25) is 0 Å². The van der Waals surface area contributed by atoms with E-state index in [1.54, 1.807) is 0 Å². The summed E-state index contributed by atoms with van der Waals surface area (Å²) in [6.45, 7) is 18.4. The molecule has 336 valence electrons. The number of rotatable bonds is 44. The summed E-state index contributed by atoms with van der Waals surface area (Å²) in [4.78, 5) is 30.1. The zero-order valence-electron chi connectivity index (χ0n) is 38.7. The first-order valence-corrected chi connectivity index (χ1v) is 24.7. The summed E-state index contributed by atoms with van der Waals surface area (Å²) < 4.78 is 11.7. The SMILES string of the molecule is CCCCCCCCCCCCCCCCCC(=O)OC(C)CN(CCCN(CC)CC)CC(C)OC(=O)CCCCCCCCCCCCCCCCC.Cl. The molecule has 0 aliphatic rings. The Kier molecular flexibility index (Phi) is 46.2. The molecular weight excluding hydrogens is 716 g/mol. The molecule has 0 heterocycles. The van der Waals surface area contributed by atoms with Crippen molar-refractivity contribution < 1.29 is 19.1 Å². The molecule has 7 heteroatoms. The zero-order chi connectivity index (χ0) is 40.5. The Morgan fingerprint density at radius 2 is 0.625 bits per heavy atom. The molecule has 0 N–H and O–H groups in total. The van der Waals surface area contributed by atoms with Crippen LogP contribution >= 0.6 is 12.4 Å². The molecule has 2 atom stereocenters. The van der Waals surface area contributed by atoms with Crippen LogP contribution in [0.4, 0.5) is 0 Å². The molecular formula is C49H99ClN2O4. The zero-order valence-corrected chi connectivity index (χ0v) is 39.5. The minimum absolute atomic E-state index is 0. The predicted octanol–water partition coefficient (Wildman–Crippen LogP) is 14.8. The minimum atomic E-state index is -0.180. The molecule has 0 aliphatic carbocycles. The first-order chi connectivity index (χ1) is 26.9. The topological polar surface area (TPSA) is 59.1 Å². The molecule has 0 bridgehead atoms.